The number of rotatable bonds is 7. The van der Waals surface area contributed by atoms with Crippen molar-refractivity contribution in [1.29, 1.82) is 0 Å². The molecule has 0 unspecified atom stereocenters. The maximum atomic E-state index is 11.7. The van der Waals surface area contributed by atoms with Crippen molar-refractivity contribution in [1.82, 2.24) is 20.1 Å². The van der Waals surface area contributed by atoms with Gasteiger partial charge in [0.25, 0.3) is 0 Å². The van der Waals surface area contributed by atoms with E-state index in [-0.39, 0.29) is 11.5 Å². The summed E-state index contributed by atoms with van der Waals surface area (Å²) in [5.74, 6) is 0.715. The molecule has 172 valence electrons. The van der Waals surface area contributed by atoms with E-state index in [0.29, 0.717) is 41.0 Å². The van der Waals surface area contributed by atoms with Crippen LogP contribution in [0.2, 0.25) is 10.0 Å². The molecule has 1 aliphatic rings. The zero-order valence-electron chi connectivity index (χ0n) is 18.7. The summed E-state index contributed by atoms with van der Waals surface area (Å²) >= 11 is 12.6. The van der Waals surface area contributed by atoms with Crippen LogP contribution in [0.25, 0.3) is 11.3 Å². The van der Waals surface area contributed by atoms with Crippen molar-refractivity contribution in [3.05, 3.63) is 75.7 Å². The topological polar surface area (TPSA) is 68.2 Å². The molecule has 1 heterocycles. The Hall–Kier alpha value is -2.70. The van der Waals surface area contributed by atoms with Crippen molar-refractivity contribution in [3.8, 4) is 11.3 Å². The van der Waals surface area contributed by atoms with E-state index in [1.54, 1.807) is 14.1 Å². The largest absolute Gasteiger partial charge is 0.449 e. The standard InChI is InChI=1S/C25H26Cl2N4O2/c1-31(2)24(32)33-16-5-9-21-22(19-7-3-4-8-20(19)27)29-30-23(28-21)25(14-6-15-25)17-10-12-18(26)13-11-17/h3-4,7-8,10-13H,5-6,9,14-16H2,1-2H3. The van der Waals surface area contributed by atoms with Crippen LogP contribution in [0.4, 0.5) is 4.79 Å². The number of aryl methyl sites for hydroxylation is 1. The third kappa shape index (κ3) is 4.97. The summed E-state index contributed by atoms with van der Waals surface area (Å²) in [5, 5.41) is 10.5. The molecule has 1 fully saturated rings. The molecule has 0 radical (unpaired) electrons. The van der Waals surface area contributed by atoms with Gasteiger partial charge in [0.1, 0.15) is 5.69 Å². The molecule has 1 aliphatic carbocycles. The fourth-order valence-electron chi connectivity index (χ4n) is 4.07. The Bertz CT molecular complexity index is 1130. The van der Waals surface area contributed by atoms with Crippen molar-refractivity contribution >= 4 is 29.3 Å². The molecule has 0 atom stereocenters. The van der Waals surface area contributed by atoms with Gasteiger partial charge in [0.2, 0.25) is 0 Å². The normalized spacial score (nSPS) is 14.4. The molecule has 0 spiro atoms. The Labute approximate surface area is 203 Å². The van der Waals surface area contributed by atoms with Gasteiger partial charge in [0, 0.05) is 24.7 Å². The average Bonchev–Trinajstić information content (AvgIpc) is 2.78. The predicted octanol–water partition coefficient (Wildman–Crippen LogP) is 5.95. The molecule has 8 heteroatoms. The third-order valence-electron chi connectivity index (χ3n) is 6.07. The Morgan fingerprint density at radius 3 is 2.42 bits per heavy atom. The highest BCUT2D eigenvalue weighted by Crippen LogP contribution is 2.48. The van der Waals surface area contributed by atoms with Crippen LogP contribution in [-0.4, -0.2) is 46.9 Å². The van der Waals surface area contributed by atoms with Crippen LogP contribution < -0.4 is 0 Å². The van der Waals surface area contributed by atoms with Crippen LogP contribution >= 0.6 is 23.2 Å². The molecule has 1 saturated carbocycles. The Kier molecular flexibility index (Phi) is 7.15. The highest BCUT2D eigenvalue weighted by molar-refractivity contribution is 6.33. The van der Waals surface area contributed by atoms with E-state index in [0.717, 1.165) is 36.1 Å². The van der Waals surface area contributed by atoms with Crippen LogP contribution in [0.3, 0.4) is 0 Å². The van der Waals surface area contributed by atoms with Crippen molar-refractivity contribution in [3.63, 3.8) is 0 Å². The second-order valence-electron chi connectivity index (χ2n) is 8.47. The zero-order chi connectivity index (χ0) is 23.4. The number of halogens is 2. The Morgan fingerprint density at radius 1 is 1.06 bits per heavy atom. The minimum absolute atomic E-state index is 0.261. The van der Waals surface area contributed by atoms with E-state index in [2.05, 4.69) is 10.2 Å². The number of aromatic nitrogens is 3. The number of amides is 1. The first kappa shape index (κ1) is 23.5. The molecule has 4 rings (SSSR count). The number of hydrogen-bond acceptors (Lipinski definition) is 5. The molecule has 0 bridgehead atoms. The third-order valence-corrected chi connectivity index (χ3v) is 6.65. The van der Waals surface area contributed by atoms with Gasteiger partial charge in [-0.25, -0.2) is 9.78 Å². The number of carbonyl (C=O) groups excluding carboxylic acids is 1. The summed E-state index contributed by atoms with van der Waals surface area (Å²) in [5.41, 5.74) is 3.14. The van der Waals surface area contributed by atoms with Gasteiger partial charge < -0.3 is 9.64 Å². The molecule has 1 amide bonds. The monoisotopic (exact) mass is 484 g/mol. The van der Waals surface area contributed by atoms with E-state index < -0.39 is 0 Å². The molecule has 2 aromatic carbocycles. The molecular formula is C25H26Cl2N4O2. The van der Waals surface area contributed by atoms with Gasteiger partial charge in [-0.15, -0.1) is 10.2 Å². The highest BCUT2D eigenvalue weighted by Gasteiger charge is 2.43. The van der Waals surface area contributed by atoms with E-state index in [9.17, 15) is 4.79 Å². The maximum absolute atomic E-state index is 11.7. The van der Waals surface area contributed by atoms with Gasteiger partial charge in [-0.05, 0) is 49.4 Å². The summed E-state index contributed by atoms with van der Waals surface area (Å²) in [4.78, 5) is 18.2. The van der Waals surface area contributed by atoms with E-state index in [4.69, 9.17) is 32.9 Å². The Morgan fingerprint density at radius 2 is 1.79 bits per heavy atom. The number of benzene rings is 2. The quantitative estimate of drug-likeness (QED) is 0.387. The first-order chi connectivity index (χ1) is 15.9. The zero-order valence-corrected chi connectivity index (χ0v) is 20.2. The number of hydrogen-bond donors (Lipinski definition) is 0. The van der Waals surface area contributed by atoms with Gasteiger partial charge in [-0.3, -0.25) is 0 Å². The van der Waals surface area contributed by atoms with Gasteiger partial charge in [-0.2, -0.15) is 0 Å². The van der Waals surface area contributed by atoms with Crippen molar-refractivity contribution in [2.75, 3.05) is 20.7 Å². The van der Waals surface area contributed by atoms with Gasteiger partial charge in [-0.1, -0.05) is 60.0 Å². The summed E-state index contributed by atoms with van der Waals surface area (Å²) in [6.07, 6.45) is 3.86. The van der Waals surface area contributed by atoms with E-state index in [1.807, 2.05) is 48.5 Å². The van der Waals surface area contributed by atoms with E-state index in [1.165, 1.54) is 4.90 Å². The van der Waals surface area contributed by atoms with Crippen LogP contribution in [0.5, 0.6) is 0 Å². The predicted molar refractivity (Wildman–Crippen MR) is 130 cm³/mol. The second-order valence-corrected chi connectivity index (χ2v) is 9.31. The maximum Gasteiger partial charge on any atom is 0.409 e. The van der Waals surface area contributed by atoms with Crippen molar-refractivity contribution < 1.29 is 9.53 Å². The van der Waals surface area contributed by atoms with Gasteiger partial charge in [0.05, 0.1) is 22.7 Å². The van der Waals surface area contributed by atoms with Crippen LogP contribution in [0, 0.1) is 0 Å². The van der Waals surface area contributed by atoms with Crippen LogP contribution in [-0.2, 0) is 16.6 Å². The van der Waals surface area contributed by atoms with Gasteiger partial charge >= 0.3 is 6.09 Å². The lowest BCUT2D eigenvalue weighted by molar-refractivity contribution is 0.117. The summed E-state index contributed by atoms with van der Waals surface area (Å²) < 4.78 is 5.29. The van der Waals surface area contributed by atoms with E-state index >= 15 is 0 Å². The fourth-order valence-corrected chi connectivity index (χ4v) is 4.42. The average molecular weight is 485 g/mol. The minimum Gasteiger partial charge on any atom is -0.449 e. The van der Waals surface area contributed by atoms with Gasteiger partial charge in [0.15, 0.2) is 5.82 Å². The number of ether oxygens (including phenoxy) is 1. The van der Waals surface area contributed by atoms with Crippen molar-refractivity contribution in [2.24, 2.45) is 0 Å². The minimum atomic E-state index is -0.362. The first-order valence-corrected chi connectivity index (χ1v) is 11.8. The molecule has 33 heavy (non-hydrogen) atoms. The molecular weight excluding hydrogens is 459 g/mol. The fraction of sp³-hybridized carbons (Fsp3) is 0.360. The SMILES string of the molecule is CN(C)C(=O)OCCCc1nc(C2(c3ccc(Cl)cc3)CCC2)nnc1-c1ccccc1Cl. The summed E-state index contributed by atoms with van der Waals surface area (Å²) in [6, 6.07) is 15.5. The molecule has 3 aromatic rings. The van der Waals surface area contributed by atoms with Crippen LogP contribution in [0.1, 0.15) is 42.8 Å². The lowest BCUT2D eigenvalue weighted by Crippen LogP contribution is -2.38. The molecule has 0 aliphatic heterocycles. The molecule has 6 nitrogen and oxygen atoms in total. The molecule has 1 aromatic heterocycles. The lowest BCUT2D eigenvalue weighted by Gasteiger charge is -2.40. The van der Waals surface area contributed by atoms with Crippen LogP contribution in [0.15, 0.2) is 48.5 Å². The Balaban J connectivity index is 1.67. The smallest absolute Gasteiger partial charge is 0.409 e. The number of carbonyl (C=O) groups is 1. The highest BCUT2D eigenvalue weighted by atomic mass is 35.5. The molecule has 0 N–H and O–H groups in total. The first-order valence-electron chi connectivity index (χ1n) is 11.0. The molecule has 0 saturated heterocycles. The lowest BCUT2D eigenvalue weighted by atomic mass is 9.64. The summed E-state index contributed by atoms with van der Waals surface area (Å²) in [6.45, 7) is 0.292. The summed E-state index contributed by atoms with van der Waals surface area (Å²) in [7, 11) is 3.32. The number of nitrogens with zero attached hydrogens (tertiary/aromatic N) is 4. The van der Waals surface area contributed by atoms with Crippen molar-refractivity contribution in [2.45, 2.75) is 37.5 Å². The second kappa shape index (κ2) is 10.1.